The van der Waals surface area contributed by atoms with E-state index in [1.54, 1.807) is 7.11 Å². The SMILES string of the molecule is COc1ccc2ccccc2c1[C@H](N)C1CCNCC1. The van der Waals surface area contributed by atoms with Gasteiger partial charge in [0.2, 0.25) is 0 Å². The van der Waals surface area contributed by atoms with Gasteiger partial charge in [0.1, 0.15) is 5.75 Å². The van der Waals surface area contributed by atoms with Gasteiger partial charge in [0, 0.05) is 11.6 Å². The number of methoxy groups -OCH3 is 1. The molecule has 0 aliphatic carbocycles. The Bertz CT molecular complexity index is 591. The standard InChI is InChI=1S/C17H22N2O/c1-20-15-7-6-12-4-2-3-5-14(12)16(15)17(18)13-8-10-19-11-9-13/h2-7,13,17,19H,8-11,18H2,1H3/t17-/m1/s1. The van der Waals surface area contributed by atoms with Crippen molar-refractivity contribution in [3.63, 3.8) is 0 Å². The predicted octanol–water partition coefficient (Wildman–Crippen LogP) is 2.85. The van der Waals surface area contributed by atoms with E-state index in [1.807, 2.05) is 6.07 Å². The maximum atomic E-state index is 6.60. The summed E-state index contributed by atoms with van der Waals surface area (Å²) in [5, 5.41) is 5.85. The number of fused-ring (bicyclic) bond motifs is 1. The van der Waals surface area contributed by atoms with E-state index in [4.69, 9.17) is 10.5 Å². The summed E-state index contributed by atoms with van der Waals surface area (Å²) in [5.74, 6) is 1.44. The summed E-state index contributed by atoms with van der Waals surface area (Å²) in [4.78, 5) is 0. The summed E-state index contributed by atoms with van der Waals surface area (Å²) >= 11 is 0. The highest BCUT2D eigenvalue weighted by molar-refractivity contribution is 5.88. The van der Waals surface area contributed by atoms with Gasteiger partial charge in [0.05, 0.1) is 7.11 Å². The fourth-order valence-corrected chi connectivity index (χ4v) is 3.24. The van der Waals surface area contributed by atoms with Crippen LogP contribution in [0.2, 0.25) is 0 Å². The van der Waals surface area contributed by atoms with E-state index in [9.17, 15) is 0 Å². The van der Waals surface area contributed by atoms with Crippen LogP contribution in [-0.4, -0.2) is 20.2 Å². The molecule has 1 saturated heterocycles. The average molecular weight is 270 g/mol. The zero-order valence-corrected chi connectivity index (χ0v) is 11.9. The number of ether oxygens (including phenoxy) is 1. The lowest BCUT2D eigenvalue weighted by atomic mass is 9.84. The predicted molar refractivity (Wildman–Crippen MR) is 83.0 cm³/mol. The second kappa shape index (κ2) is 5.81. The zero-order valence-electron chi connectivity index (χ0n) is 11.9. The van der Waals surface area contributed by atoms with Crippen molar-refractivity contribution >= 4 is 10.8 Å². The molecule has 0 radical (unpaired) electrons. The van der Waals surface area contributed by atoms with E-state index in [-0.39, 0.29) is 6.04 Å². The lowest BCUT2D eigenvalue weighted by molar-refractivity contribution is 0.315. The smallest absolute Gasteiger partial charge is 0.124 e. The Morgan fingerprint density at radius 1 is 1.15 bits per heavy atom. The third-order valence-corrected chi connectivity index (χ3v) is 4.38. The number of piperidine rings is 1. The molecule has 2 aromatic carbocycles. The first kappa shape index (κ1) is 13.4. The van der Waals surface area contributed by atoms with Crippen LogP contribution in [0, 0.1) is 5.92 Å². The van der Waals surface area contributed by atoms with Crippen molar-refractivity contribution in [1.29, 1.82) is 0 Å². The molecular weight excluding hydrogens is 248 g/mol. The van der Waals surface area contributed by atoms with Gasteiger partial charge in [-0.15, -0.1) is 0 Å². The number of benzene rings is 2. The van der Waals surface area contributed by atoms with Crippen molar-refractivity contribution in [3.05, 3.63) is 42.0 Å². The van der Waals surface area contributed by atoms with E-state index in [0.717, 1.165) is 37.2 Å². The van der Waals surface area contributed by atoms with Crippen LogP contribution in [0.4, 0.5) is 0 Å². The van der Waals surface area contributed by atoms with Crippen molar-refractivity contribution in [2.24, 2.45) is 11.7 Å². The fourth-order valence-electron chi connectivity index (χ4n) is 3.24. The molecular formula is C17H22N2O. The molecule has 1 aliphatic heterocycles. The molecule has 0 saturated carbocycles. The van der Waals surface area contributed by atoms with Gasteiger partial charge in [0.15, 0.2) is 0 Å². The Kier molecular flexibility index (Phi) is 3.90. The van der Waals surface area contributed by atoms with Gasteiger partial charge in [0.25, 0.3) is 0 Å². The Morgan fingerprint density at radius 2 is 1.90 bits per heavy atom. The van der Waals surface area contributed by atoms with Gasteiger partial charge in [-0.1, -0.05) is 30.3 Å². The molecule has 0 spiro atoms. The van der Waals surface area contributed by atoms with E-state index >= 15 is 0 Å². The highest BCUT2D eigenvalue weighted by atomic mass is 16.5. The van der Waals surface area contributed by atoms with Crippen LogP contribution >= 0.6 is 0 Å². The molecule has 0 aromatic heterocycles. The van der Waals surface area contributed by atoms with Crippen LogP contribution in [0.15, 0.2) is 36.4 Å². The van der Waals surface area contributed by atoms with Crippen LogP contribution in [0.3, 0.4) is 0 Å². The molecule has 1 fully saturated rings. The van der Waals surface area contributed by atoms with Crippen LogP contribution < -0.4 is 15.8 Å². The fraction of sp³-hybridized carbons (Fsp3) is 0.412. The third kappa shape index (κ3) is 2.39. The molecule has 3 rings (SSSR count). The second-order valence-corrected chi connectivity index (χ2v) is 5.52. The van der Waals surface area contributed by atoms with Crippen LogP contribution in [-0.2, 0) is 0 Å². The van der Waals surface area contributed by atoms with Crippen LogP contribution in [0.25, 0.3) is 10.8 Å². The molecule has 20 heavy (non-hydrogen) atoms. The molecule has 3 nitrogen and oxygen atoms in total. The number of nitrogens with two attached hydrogens (primary N) is 1. The first-order valence-electron chi connectivity index (χ1n) is 7.33. The molecule has 1 atom stereocenters. The molecule has 3 N–H and O–H groups in total. The Labute approximate surface area is 120 Å². The summed E-state index contributed by atoms with van der Waals surface area (Å²) in [6, 6.07) is 12.6. The van der Waals surface area contributed by atoms with Crippen LogP contribution in [0.5, 0.6) is 5.75 Å². The average Bonchev–Trinajstić information content (AvgIpc) is 2.54. The van der Waals surface area contributed by atoms with Gasteiger partial charge in [-0.3, -0.25) is 0 Å². The van der Waals surface area contributed by atoms with Gasteiger partial charge in [-0.2, -0.15) is 0 Å². The van der Waals surface area contributed by atoms with Crippen molar-refractivity contribution in [3.8, 4) is 5.75 Å². The molecule has 0 amide bonds. The maximum Gasteiger partial charge on any atom is 0.124 e. The van der Waals surface area contributed by atoms with Gasteiger partial charge in [-0.05, 0) is 48.7 Å². The lowest BCUT2D eigenvalue weighted by Crippen LogP contribution is -2.34. The van der Waals surface area contributed by atoms with Gasteiger partial charge >= 0.3 is 0 Å². The summed E-state index contributed by atoms with van der Waals surface area (Å²) in [6.45, 7) is 2.12. The molecule has 1 aliphatic rings. The maximum absolute atomic E-state index is 6.60. The molecule has 3 heteroatoms. The summed E-state index contributed by atoms with van der Waals surface area (Å²) < 4.78 is 5.57. The lowest BCUT2D eigenvalue weighted by Gasteiger charge is -2.30. The Morgan fingerprint density at radius 3 is 2.65 bits per heavy atom. The molecule has 1 heterocycles. The van der Waals surface area contributed by atoms with E-state index in [1.165, 1.54) is 10.8 Å². The van der Waals surface area contributed by atoms with E-state index in [2.05, 4.69) is 35.6 Å². The number of hydrogen-bond acceptors (Lipinski definition) is 3. The first-order valence-corrected chi connectivity index (χ1v) is 7.33. The van der Waals surface area contributed by atoms with Gasteiger partial charge < -0.3 is 15.8 Å². The van der Waals surface area contributed by atoms with Crippen molar-refractivity contribution in [1.82, 2.24) is 5.32 Å². The third-order valence-electron chi connectivity index (χ3n) is 4.38. The normalized spacial score (nSPS) is 18.1. The van der Waals surface area contributed by atoms with Crippen molar-refractivity contribution in [2.75, 3.05) is 20.2 Å². The second-order valence-electron chi connectivity index (χ2n) is 5.52. The highest BCUT2D eigenvalue weighted by Gasteiger charge is 2.25. The largest absolute Gasteiger partial charge is 0.496 e. The highest BCUT2D eigenvalue weighted by Crippen LogP contribution is 2.37. The van der Waals surface area contributed by atoms with Crippen LogP contribution in [0.1, 0.15) is 24.4 Å². The zero-order chi connectivity index (χ0) is 13.9. The van der Waals surface area contributed by atoms with Crippen molar-refractivity contribution in [2.45, 2.75) is 18.9 Å². The molecule has 2 aromatic rings. The van der Waals surface area contributed by atoms with E-state index < -0.39 is 0 Å². The summed E-state index contributed by atoms with van der Waals surface area (Å²) in [5.41, 5.74) is 7.77. The first-order chi connectivity index (χ1) is 9.81. The minimum atomic E-state index is 0.0400. The monoisotopic (exact) mass is 270 g/mol. The number of nitrogens with one attached hydrogen (secondary N) is 1. The quantitative estimate of drug-likeness (QED) is 0.901. The topological polar surface area (TPSA) is 47.3 Å². The molecule has 106 valence electrons. The van der Waals surface area contributed by atoms with Gasteiger partial charge in [-0.25, -0.2) is 0 Å². The summed E-state index contributed by atoms with van der Waals surface area (Å²) in [7, 11) is 1.72. The molecule has 0 bridgehead atoms. The number of hydrogen-bond donors (Lipinski definition) is 2. The summed E-state index contributed by atoms with van der Waals surface area (Å²) in [6.07, 6.45) is 2.26. The Hall–Kier alpha value is -1.58. The molecule has 0 unspecified atom stereocenters. The minimum Gasteiger partial charge on any atom is -0.496 e. The minimum absolute atomic E-state index is 0.0400. The van der Waals surface area contributed by atoms with Crippen molar-refractivity contribution < 1.29 is 4.74 Å². The number of rotatable bonds is 3. The Balaban J connectivity index is 2.07. The van der Waals surface area contributed by atoms with E-state index in [0.29, 0.717) is 5.92 Å².